The van der Waals surface area contributed by atoms with Gasteiger partial charge in [-0.3, -0.25) is 4.79 Å². The van der Waals surface area contributed by atoms with Crippen LogP contribution in [0.3, 0.4) is 0 Å². The molecular weight excluding hydrogens is 170 g/mol. The first-order valence-electron chi connectivity index (χ1n) is 4.22. The Bertz CT molecular complexity index is 247. The van der Waals surface area contributed by atoms with Gasteiger partial charge in [-0.25, -0.2) is 4.79 Å². The molecule has 1 aliphatic rings. The number of rotatable bonds is 2. The Morgan fingerprint density at radius 2 is 2.38 bits per heavy atom. The minimum atomic E-state index is -0.438. The summed E-state index contributed by atoms with van der Waals surface area (Å²) in [5, 5.41) is 0. The second kappa shape index (κ2) is 4.07. The lowest BCUT2D eigenvalue weighted by molar-refractivity contribution is -0.134. The second-order valence-electron chi connectivity index (χ2n) is 3.03. The van der Waals surface area contributed by atoms with E-state index in [1.54, 1.807) is 4.90 Å². The van der Waals surface area contributed by atoms with Crippen molar-refractivity contribution < 1.29 is 14.3 Å². The maximum Gasteiger partial charge on any atom is 0.331 e. The van der Waals surface area contributed by atoms with Crippen LogP contribution >= 0.6 is 0 Å². The minimum Gasteiger partial charge on any atom is -0.466 e. The van der Waals surface area contributed by atoms with E-state index in [-0.39, 0.29) is 11.9 Å². The van der Waals surface area contributed by atoms with E-state index in [4.69, 9.17) is 0 Å². The van der Waals surface area contributed by atoms with Crippen LogP contribution < -0.4 is 0 Å². The summed E-state index contributed by atoms with van der Waals surface area (Å²) in [6, 6.07) is 0.188. The fourth-order valence-electron chi connectivity index (χ4n) is 1.29. The van der Waals surface area contributed by atoms with Crippen molar-refractivity contribution in [2.75, 3.05) is 7.11 Å². The summed E-state index contributed by atoms with van der Waals surface area (Å²) < 4.78 is 4.42. The van der Waals surface area contributed by atoms with Crippen LogP contribution in [0.25, 0.3) is 0 Å². The quantitative estimate of drug-likeness (QED) is 0.467. The van der Waals surface area contributed by atoms with Crippen molar-refractivity contribution in [2.24, 2.45) is 0 Å². The number of methoxy groups -OCH3 is 1. The molecule has 0 saturated carbocycles. The lowest BCUT2D eigenvalue weighted by atomic mass is 10.2. The SMILES string of the molecule is COC(=O)/C=C/N1C(=O)CCC1C. The Morgan fingerprint density at radius 1 is 1.69 bits per heavy atom. The number of carbonyl (C=O) groups is 2. The van der Waals surface area contributed by atoms with E-state index in [1.165, 1.54) is 19.4 Å². The van der Waals surface area contributed by atoms with Gasteiger partial charge in [0.15, 0.2) is 0 Å². The molecule has 1 rings (SSSR count). The average Bonchev–Trinajstić information content (AvgIpc) is 2.43. The molecular formula is C9H13NO3. The van der Waals surface area contributed by atoms with Gasteiger partial charge in [-0.1, -0.05) is 0 Å². The number of amides is 1. The summed E-state index contributed by atoms with van der Waals surface area (Å²) in [5.41, 5.74) is 0. The minimum absolute atomic E-state index is 0.0626. The number of esters is 1. The number of nitrogens with zero attached hydrogens (tertiary/aromatic N) is 1. The largest absolute Gasteiger partial charge is 0.466 e. The van der Waals surface area contributed by atoms with E-state index < -0.39 is 5.97 Å². The molecule has 0 spiro atoms. The highest BCUT2D eigenvalue weighted by atomic mass is 16.5. The van der Waals surface area contributed by atoms with E-state index in [2.05, 4.69) is 4.74 Å². The normalized spacial score (nSPS) is 22.8. The molecule has 0 aliphatic carbocycles. The lowest BCUT2D eigenvalue weighted by Gasteiger charge is -2.15. The van der Waals surface area contributed by atoms with E-state index in [9.17, 15) is 9.59 Å². The zero-order chi connectivity index (χ0) is 9.84. The Labute approximate surface area is 77.2 Å². The first kappa shape index (κ1) is 9.77. The van der Waals surface area contributed by atoms with Crippen molar-refractivity contribution in [3.63, 3.8) is 0 Å². The molecule has 1 amide bonds. The molecule has 1 aliphatic heterocycles. The van der Waals surface area contributed by atoms with Crippen LogP contribution in [0.4, 0.5) is 0 Å². The molecule has 1 atom stereocenters. The zero-order valence-electron chi connectivity index (χ0n) is 7.82. The van der Waals surface area contributed by atoms with Gasteiger partial charge in [0.05, 0.1) is 7.11 Å². The van der Waals surface area contributed by atoms with Crippen molar-refractivity contribution >= 4 is 11.9 Å². The number of carbonyl (C=O) groups excluding carboxylic acids is 2. The van der Waals surface area contributed by atoms with Crippen molar-refractivity contribution in [3.8, 4) is 0 Å². The molecule has 13 heavy (non-hydrogen) atoms. The summed E-state index contributed by atoms with van der Waals surface area (Å²) >= 11 is 0. The summed E-state index contributed by atoms with van der Waals surface area (Å²) in [5.74, 6) is -0.375. The van der Waals surface area contributed by atoms with Crippen molar-refractivity contribution in [1.82, 2.24) is 4.90 Å². The van der Waals surface area contributed by atoms with Crippen molar-refractivity contribution in [1.29, 1.82) is 0 Å². The fourth-order valence-corrected chi connectivity index (χ4v) is 1.29. The van der Waals surface area contributed by atoms with Crippen LogP contribution in [-0.4, -0.2) is 29.9 Å². The van der Waals surface area contributed by atoms with Gasteiger partial charge < -0.3 is 9.64 Å². The third-order valence-corrected chi connectivity index (χ3v) is 2.11. The predicted molar refractivity (Wildman–Crippen MR) is 46.7 cm³/mol. The molecule has 0 N–H and O–H groups in total. The molecule has 1 heterocycles. The maximum atomic E-state index is 11.2. The van der Waals surface area contributed by atoms with Gasteiger partial charge in [0, 0.05) is 24.7 Å². The highest BCUT2D eigenvalue weighted by Crippen LogP contribution is 2.17. The first-order chi connectivity index (χ1) is 6.15. The van der Waals surface area contributed by atoms with E-state index in [1.807, 2.05) is 6.92 Å². The average molecular weight is 183 g/mol. The molecule has 1 fully saturated rings. The predicted octanol–water partition coefficient (Wildman–Crippen LogP) is 0.684. The van der Waals surface area contributed by atoms with Gasteiger partial charge >= 0.3 is 5.97 Å². The maximum absolute atomic E-state index is 11.2. The Hall–Kier alpha value is -1.32. The Kier molecular flexibility index (Phi) is 3.06. The summed E-state index contributed by atoms with van der Waals surface area (Å²) in [4.78, 5) is 23.5. The van der Waals surface area contributed by atoms with Gasteiger partial charge in [-0.15, -0.1) is 0 Å². The molecule has 1 unspecified atom stereocenters. The van der Waals surface area contributed by atoms with E-state index in [0.29, 0.717) is 6.42 Å². The second-order valence-corrected chi connectivity index (χ2v) is 3.03. The Balaban J connectivity index is 2.57. The molecule has 0 aromatic carbocycles. The third-order valence-electron chi connectivity index (χ3n) is 2.11. The van der Waals surface area contributed by atoms with E-state index >= 15 is 0 Å². The molecule has 0 bridgehead atoms. The zero-order valence-corrected chi connectivity index (χ0v) is 7.82. The molecule has 4 nitrogen and oxygen atoms in total. The van der Waals surface area contributed by atoms with Gasteiger partial charge in [0.2, 0.25) is 5.91 Å². The van der Waals surface area contributed by atoms with Crippen LogP contribution in [-0.2, 0) is 14.3 Å². The van der Waals surface area contributed by atoms with Gasteiger partial charge in [0.1, 0.15) is 0 Å². The molecule has 0 aromatic rings. The standard InChI is InChI=1S/C9H13NO3/c1-7-3-4-8(11)10(7)6-5-9(12)13-2/h5-7H,3-4H2,1-2H3/b6-5+. The fraction of sp³-hybridized carbons (Fsp3) is 0.556. The highest BCUT2D eigenvalue weighted by Gasteiger charge is 2.25. The first-order valence-corrected chi connectivity index (χ1v) is 4.22. The summed E-state index contributed by atoms with van der Waals surface area (Å²) in [6.07, 6.45) is 4.17. The van der Waals surface area contributed by atoms with Gasteiger partial charge in [-0.2, -0.15) is 0 Å². The molecule has 4 heteroatoms. The van der Waals surface area contributed by atoms with Crippen LogP contribution in [0.1, 0.15) is 19.8 Å². The smallest absolute Gasteiger partial charge is 0.331 e. The molecule has 0 radical (unpaired) electrons. The van der Waals surface area contributed by atoms with Crippen LogP contribution in [0.2, 0.25) is 0 Å². The van der Waals surface area contributed by atoms with Gasteiger partial charge in [-0.05, 0) is 13.3 Å². The number of ether oxygens (including phenoxy) is 1. The molecule has 72 valence electrons. The summed E-state index contributed by atoms with van der Waals surface area (Å²) in [6.45, 7) is 1.95. The van der Waals surface area contributed by atoms with E-state index in [0.717, 1.165) is 6.42 Å². The van der Waals surface area contributed by atoms with Crippen LogP contribution in [0.15, 0.2) is 12.3 Å². The third kappa shape index (κ3) is 2.31. The monoisotopic (exact) mass is 183 g/mol. The number of likely N-dealkylation sites (tertiary alicyclic amines) is 1. The Morgan fingerprint density at radius 3 is 2.85 bits per heavy atom. The number of hydrogen-bond acceptors (Lipinski definition) is 3. The molecule has 1 saturated heterocycles. The van der Waals surface area contributed by atoms with Crippen molar-refractivity contribution in [3.05, 3.63) is 12.3 Å². The van der Waals surface area contributed by atoms with Crippen molar-refractivity contribution in [2.45, 2.75) is 25.8 Å². The van der Waals surface area contributed by atoms with Gasteiger partial charge in [0.25, 0.3) is 0 Å². The van der Waals surface area contributed by atoms with Crippen LogP contribution in [0.5, 0.6) is 0 Å². The molecule has 0 aromatic heterocycles. The van der Waals surface area contributed by atoms with Crippen LogP contribution in [0, 0.1) is 0 Å². The summed E-state index contributed by atoms with van der Waals surface area (Å²) in [7, 11) is 1.31. The topological polar surface area (TPSA) is 46.6 Å². The number of hydrogen-bond donors (Lipinski definition) is 0. The highest BCUT2D eigenvalue weighted by molar-refractivity contribution is 5.84. The lowest BCUT2D eigenvalue weighted by Crippen LogP contribution is -2.25.